The topological polar surface area (TPSA) is 94.9 Å². The maximum Gasteiger partial charge on any atom is 0.252 e. The van der Waals surface area contributed by atoms with E-state index in [4.69, 9.17) is 10.00 Å². The second kappa shape index (κ2) is 6.73. The van der Waals surface area contributed by atoms with Crippen molar-refractivity contribution >= 4 is 11.0 Å². The minimum absolute atomic E-state index is 0.0161. The number of likely N-dealkylation sites (tertiary alicyclic amines) is 1. The van der Waals surface area contributed by atoms with Gasteiger partial charge in [-0.05, 0) is 48.6 Å². The number of H-pyrrole nitrogens is 1. The van der Waals surface area contributed by atoms with E-state index in [1.54, 1.807) is 18.3 Å². The number of aromatic amines is 1. The van der Waals surface area contributed by atoms with Crippen molar-refractivity contribution in [3.05, 3.63) is 63.8 Å². The molecule has 0 aromatic carbocycles. The number of nitriles is 1. The summed E-state index contributed by atoms with van der Waals surface area (Å²) in [6.45, 7) is 2.39. The van der Waals surface area contributed by atoms with Crippen LogP contribution >= 0.6 is 0 Å². The second-order valence-electron chi connectivity index (χ2n) is 7.53. The van der Waals surface area contributed by atoms with Crippen LogP contribution in [0.5, 0.6) is 5.75 Å². The number of aromatic nitrogens is 3. The van der Waals surface area contributed by atoms with E-state index in [1.165, 1.54) is 0 Å². The van der Waals surface area contributed by atoms with Crippen molar-refractivity contribution in [2.24, 2.45) is 0 Å². The van der Waals surface area contributed by atoms with Crippen molar-refractivity contribution < 1.29 is 4.74 Å². The van der Waals surface area contributed by atoms with Gasteiger partial charge in [-0.3, -0.25) is 14.7 Å². The third-order valence-electron chi connectivity index (χ3n) is 5.28. The number of nitrogens with zero attached hydrogens (tertiary/aromatic N) is 4. The molecule has 3 aromatic rings. The fourth-order valence-electron chi connectivity index (χ4n) is 3.62. The van der Waals surface area contributed by atoms with Crippen LogP contribution in [0, 0.1) is 11.3 Å². The molecule has 3 aromatic heterocycles. The number of hydrogen-bond acceptors (Lipinski definition) is 6. The molecule has 2 fully saturated rings. The Labute approximate surface area is 161 Å². The SMILES string of the molecule is N#Cc1ccc(OC2CN(Cc3cnc4cc(C5CC5)c(=O)[nH]c4c3)C2)cn1. The zero-order valence-electron chi connectivity index (χ0n) is 15.3. The van der Waals surface area contributed by atoms with Gasteiger partial charge >= 0.3 is 0 Å². The molecule has 1 saturated carbocycles. The summed E-state index contributed by atoms with van der Waals surface area (Å²) >= 11 is 0. The average molecular weight is 373 g/mol. The zero-order chi connectivity index (χ0) is 19.1. The maximum absolute atomic E-state index is 12.2. The van der Waals surface area contributed by atoms with Gasteiger partial charge in [0.15, 0.2) is 0 Å². The van der Waals surface area contributed by atoms with E-state index in [-0.39, 0.29) is 11.7 Å². The van der Waals surface area contributed by atoms with Crippen molar-refractivity contribution in [3.8, 4) is 11.8 Å². The van der Waals surface area contributed by atoms with Crippen LogP contribution in [-0.2, 0) is 6.54 Å². The average Bonchev–Trinajstić information content (AvgIpc) is 3.51. The molecular formula is C21H19N5O2. The summed E-state index contributed by atoms with van der Waals surface area (Å²) < 4.78 is 5.87. The lowest BCUT2D eigenvalue weighted by molar-refractivity contribution is 0.0143. The van der Waals surface area contributed by atoms with Gasteiger partial charge in [-0.25, -0.2) is 4.98 Å². The molecule has 28 heavy (non-hydrogen) atoms. The minimum atomic E-state index is 0.0161. The highest BCUT2D eigenvalue weighted by Crippen LogP contribution is 2.38. The highest BCUT2D eigenvalue weighted by Gasteiger charge is 2.29. The van der Waals surface area contributed by atoms with E-state index in [0.29, 0.717) is 17.4 Å². The number of rotatable bonds is 5. The van der Waals surface area contributed by atoms with Crippen LogP contribution in [0.1, 0.15) is 35.6 Å². The summed E-state index contributed by atoms with van der Waals surface area (Å²) in [6, 6.07) is 9.37. The Morgan fingerprint density at radius 3 is 2.79 bits per heavy atom. The van der Waals surface area contributed by atoms with E-state index in [0.717, 1.165) is 54.6 Å². The van der Waals surface area contributed by atoms with Crippen molar-refractivity contribution in [2.75, 3.05) is 13.1 Å². The molecule has 1 aliphatic heterocycles. The van der Waals surface area contributed by atoms with Crippen molar-refractivity contribution in [1.29, 1.82) is 5.26 Å². The lowest BCUT2D eigenvalue weighted by Gasteiger charge is -2.38. The molecule has 0 unspecified atom stereocenters. The van der Waals surface area contributed by atoms with Gasteiger partial charge in [-0.2, -0.15) is 5.26 Å². The van der Waals surface area contributed by atoms with Crippen LogP contribution in [0.15, 0.2) is 41.5 Å². The first-order chi connectivity index (χ1) is 13.7. The third-order valence-corrected chi connectivity index (χ3v) is 5.28. The summed E-state index contributed by atoms with van der Waals surface area (Å²) in [4.78, 5) is 26.1. The number of nitrogens with one attached hydrogen (secondary N) is 1. The predicted molar refractivity (Wildman–Crippen MR) is 103 cm³/mol. The van der Waals surface area contributed by atoms with Gasteiger partial charge in [-0.15, -0.1) is 0 Å². The Morgan fingerprint density at radius 1 is 1.21 bits per heavy atom. The molecule has 4 heterocycles. The molecule has 140 valence electrons. The van der Waals surface area contributed by atoms with Crippen LogP contribution in [0.3, 0.4) is 0 Å². The van der Waals surface area contributed by atoms with Gasteiger partial charge in [0, 0.05) is 31.4 Å². The fraction of sp³-hybridized carbons (Fsp3) is 0.333. The van der Waals surface area contributed by atoms with Gasteiger partial charge in [0.25, 0.3) is 5.56 Å². The van der Waals surface area contributed by atoms with E-state index in [2.05, 4.69) is 19.9 Å². The van der Waals surface area contributed by atoms with Crippen LogP contribution in [0.2, 0.25) is 0 Å². The van der Waals surface area contributed by atoms with Crippen molar-refractivity contribution in [3.63, 3.8) is 0 Å². The molecule has 0 atom stereocenters. The molecule has 0 spiro atoms. The number of hydrogen-bond donors (Lipinski definition) is 1. The van der Waals surface area contributed by atoms with E-state index >= 15 is 0 Å². The van der Waals surface area contributed by atoms with E-state index in [9.17, 15) is 4.79 Å². The molecule has 0 radical (unpaired) electrons. The molecule has 0 bridgehead atoms. The van der Waals surface area contributed by atoms with Crippen LogP contribution in [0.4, 0.5) is 0 Å². The molecule has 1 saturated heterocycles. The van der Waals surface area contributed by atoms with Crippen molar-refractivity contribution in [1.82, 2.24) is 19.9 Å². The second-order valence-corrected chi connectivity index (χ2v) is 7.53. The van der Waals surface area contributed by atoms with Crippen molar-refractivity contribution in [2.45, 2.75) is 31.4 Å². The molecule has 7 heteroatoms. The number of pyridine rings is 3. The molecule has 1 aliphatic carbocycles. The highest BCUT2D eigenvalue weighted by molar-refractivity contribution is 5.75. The van der Waals surface area contributed by atoms with E-state index < -0.39 is 0 Å². The summed E-state index contributed by atoms with van der Waals surface area (Å²) in [5.41, 5.74) is 3.98. The number of fused-ring (bicyclic) bond motifs is 1. The summed E-state index contributed by atoms with van der Waals surface area (Å²) in [6.07, 6.45) is 5.79. The van der Waals surface area contributed by atoms with Gasteiger partial charge in [-0.1, -0.05) is 0 Å². The van der Waals surface area contributed by atoms with E-state index in [1.807, 2.05) is 24.4 Å². The smallest absolute Gasteiger partial charge is 0.252 e. The lowest BCUT2D eigenvalue weighted by Crippen LogP contribution is -2.53. The molecular weight excluding hydrogens is 354 g/mol. The Hall–Kier alpha value is -3.24. The first kappa shape index (κ1) is 16.9. The predicted octanol–water partition coefficient (Wildman–Crippen LogP) is 2.33. The first-order valence-electron chi connectivity index (χ1n) is 9.45. The van der Waals surface area contributed by atoms with Gasteiger partial charge in [0.05, 0.1) is 17.2 Å². The third kappa shape index (κ3) is 3.35. The number of ether oxygens (including phenoxy) is 1. The van der Waals surface area contributed by atoms with Crippen LogP contribution < -0.4 is 10.3 Å². The normalized spacial score (nSPS) is 17.2. The van der Waals surface area contributed by atoms with Crippen LogP contribution in [-0.4, -0.2) is 39.0 Å². The molecule has 0 amide bonds. The van der Waals surface area contributed by atoms with Crippen LogP contribution in [0.25, 0.3) is 11.0 Å². The summed E-state index contributed by atoms with van der Waals surface area (Å²) in [5, 5.41) is 8.78. The molecule has 1 N–H and O–H groups in total. The van der Waals surface area contributed by atoms with Gasteiger partial charge in [0.2, 0.25) is 0 Å². The Morgan fingerprint density at radius 2 is 2.07 bits per heavy atom. The zero-order valence-corrected chi connectivity index (χ0v) is 15.3. The summed E-state index contributed by atoms with van der Waals surface area (Å²) in [5.74, 6) is 1.10. The highest BCUT2D eigenvalue weighted by atomic mass is 16.5. The fourth-order valence-corrected chi connectivity index (χ4v) is 3.62. The van der Waals surface area contributed by atoms with Gasteiger partial charge in [0.1, 0.15) is 23.6 Å². The summed E-state index contributed by atoms with van der Waals surface area (Å²) in [7, 11) is 0. The van der Waals surface area contributed by atoms with Gasteiger partial charge < -0.3 is 9.72 Å². The Bertz CT molecular complexity index is 1120. The Kier molecular flexibility index (Phi) is 4.06. The molecule has 7 nitrogen and oxygen atoms in total. The molecule has 5 rings (SSSR count). The monoisotopic (exact) mass is 373 g/mol. The largest absolute Gasteiger partial charge is 0.486 e. The molecule has 2 aliphatic rings. The first-order valence-corrected chi connectivity index (χ1v) is 9.45. The standard InChI is InChI=1S/C21H19N5O2/c22-7-15-3-4-16(9-23-15)28-17-11-26(12-17)10-13-5-20-19(24-8-13)6-18(14-1-2-14)21(27)25-20/h3-6,8-9,14,17H,1-2,10-12H2,(H,25,27). The maximum atomic E-state index is 12.2. The quantitative estimate of drug-likeness (QED) is 0.738. The lowest BCUT2D eigenvalue weighted by atomic mass is 10.1. The Balaban J connectivity index is 1.21. The minimum Gasteiger partial charge on any atom is -0.486 e.